The fraction of sp³-hybridized carbons (Fsp3) is 0. The van der Waals surface area contributed by atoms with Gasteiger partial charge in [-0.25, -0.2) is 0 Å². The summed E-state index contributed by atoms with van der Waals surface area (Å²) >= 11 is 0. The molecule has 0 amide bonds. The highest BCUT2D eigenvalue weighted by Crippen LogP contribution is 2.34. The van der Waals surface area contributed by atoms with Crippen molar-refractivity contribution >= 4 is 24.4 Å². The fourth-order valence-electron chi connectivity index (χ4n) is 1.64. The molecular weight excluding hydrogens is 238 g/mol. The van der Waals surface area contributed by atoms with Crippen LogP contribution in [0.4, 0.5) is 5.69 Å². The van der Waals surface area contributed by atoms with Crippen molar-refractivity contribution in [2.45, 2.75) is 0 Å². The second-order valence-corrected chi connectivity index (χ2v) is 3.48. The van der Waals surface area contributed by atoms with Gasteiger partial charge < -0.3 is 10.8 Å². The van der Waals surface area contributed by atoms with Crippen LogP contribution in [0.1, 0.15) is 10.4 Å². The Labute approximate surface area is 105 Å². The summed E-state index contributed by atoms with van der Waals surface area (Å²) in [5.74, 6) is 0.114. The first kappa shape index (κ1) is 13.1. The zero-order chi connectivity index (χ0) is 11.5. The fourth-order valence-corrected chi connectivity index (χ4v) is 1.64. The van der Waals surface area contributed by atoms with Gasteiger partial charge in [0, 0.05) is 16.8 Å². The Bertz CT molecular complexity index is 520. The first-order valence-electron chi connectivity index (χ1n) is 4.85. The van der Waals surface area contributed by atoms with E-state index in [4.69, 9.17) is 5.73 Å². The number of aromatic hydroxyl groups is 1. The second-order valence-electron chi connectivity index (χ2n) is 3.48. The minimum atomic E-state index is 0. The average Bonchev–Trinajstić information content (AvgIpc) is 2.29. The summed E-state index contributed by atoms with van der Waals surface area (Å²) in [6.45, 7) is 0. The Balaban J connectivity index is 0.00000144. The normalized spacial score (nSPS) is 9.41. The molecule has 88 valence electrons. The van der Waals surface area contributed by atoms with Crippen molar-refractivity contribution < 1.29 is 9.90 Å². The van der Waals surface area contributed by atoms with E-state index in [0.717, 1.165) is 11.8 Å². The highest BCUT2D eigenvalue weighted by Gasteiger charge is 2.08. The molecule has 2 aromatic carbocycles. The molecule has 0 spiro atoms. The standard InChI is InChI=1S/C13H11NO2.ClH/c14-11-5-2-6-12(16)13(11)10-4-1-3-9(7-10)8-15;/h1-8,16H,14H2;1H. The van der Waals surface area contributed by atoms with Crippen molar-refractivity contribution in [1.29, 1.82) is 0 Å². The third kappa shape index (κ3) is 2.57. The van der Waals surface area contributed by atoms with Gasteiger partial charge in [0.2, 0.25) is 0 Å². The van der Waals surface area contributed by atoms with E-state index in [1.165, 1.54) is 0 Å². The van der Waals surface area contributed by atoms with Crippen molar-refractivity contribution in [1.82, 2.24) is 0 Å². The topological polar surface area (TPSA) is 63.3 Å². The first-order valence-corrected chi connectivity index (χ1v) is 4.85. The molecule has 0 fully saturated rings. The number of hydrogen-bond acceptors (Lipinski definition) is 3. The summed E-state index contributed by atoms with van der Waals surface area (Å²) in [6.07, 6.45) is 0.764. The second kappa shape index (κ2) is 5.37. The van der Waals surface area contributed by atoms with Crippen molar-refractivity contribution in [3.63, 3.8) is 0 Å². The quantitative estimate of drug-likeness (QED) is 0.635. The van der Waals surface area contributed by atoms with Gasteiger partial charge in [-0.2, -0.15) is 0 Å². The molecule has 0 radical (unpaired) electrons. The minimum absolute atomic E-state index is 0. The molecule has 2 rings (SSSR count). The van der Waals surface area contributed by atoms with Crippen molar-refractivity contribution in [3.8, 4) is 16.9 Å². The first-order chi connectivity index (χ1) is 7.72. The maximum Gasteiger partial charge on any atom is 0.150 e. The number of nitrogen functional groups attached to an aromatic ring is 1. The molecule has 0 bridgehead atoms. The van der Waals surface area contributed by atoms with Crippen LogP contribution in [-0.4, -0.2) is 11.4 Å². The van der Waals surface area contributed by atoms with Crippen LogP contribution in [0.25, 0.3) is 11.1 Å². The largest absolute Gasteiger partial charge is 0.507 e. The molecule has 0 aliphatic carbocycles. The lowest BCUT2D eigenvalue weighted by atomic mass is 10.0. The Hall–Kier alpha value is -2.00. The Morgan fingerprint density at radius 3 is 2.47 bits per heavy atom. The number of phenolic OH excluding ortho intramolecular Hbond substituents is 1. The Kier molecular flexibility index (Phi) is 4.12. The molecule has 17 heavy (non-hydrogen) atoms. The third-order valence-corrected chi connectivity index (χ3v) is 2.39. The molecule has 0 aliphatic heterocycles. The maximum absolute atomic E-state index is 10.7. The van der Waals surface area contributed by atoms with E-state index in [1.807, 2.05) is 0 Å². The molecule has 0 aromatic heterocycles. The number of phenols is 1. The monoisotopic (exact) mass is 249 g/mol. The lowest BCUT2D eigenvalue weighted by Crippen LogP contribution is -1.91. The molecule has 0 heterocycles. The highest BCUT2D eigenvalue weighted by atomic mass is 35.5. The number of rotatable bonds is 2. The number of anilines is 1. The Morgan fingerprint density at radius 2 is 1.82 bits per heavy atom. The molecule has 4 heteroatoms. The van der Waals surface area contributed by atoms with E-state index < -0.39 is 0 Å². The molecule has 0 unspecified atom stereocenters. The van der Waals surface area contributed by atoms with Crippen LogP contribution >= 0.6 is 12.4 Å². The van der Waals surface area contributed by atoms with E-state index in [1.54, 1.807) is 42.5 Å². The maximum atomic E-state index is 10.7. The van der Waals surface area contributed by atoms with Crippen LogP contribution in [-0.2, 0) is 0 Å². The predicted molar refractivity (Wildman–Crippen MR) is 70.6 cm³/mol. The van der Waals surface area contributed by atoms with Gasteiger partial charge in [0.15, 0.2) is 0 Å². The SMILES string of the molecule is Cl.Nc1cccc(O)c1-c1cccc(C=O)c1. The van der Waals surface area contributed by atoms with Gasteiger partial charge in [-0.3, -0.25) is 4.79 Å². The highest BCUT2D eigenvalue weighted by molar-refractivity contribution is 5.86. The van der Waals surface area contributed by atoms with E-state index >= 15 is 0 Å². The smallest absolute Gasteiger partial charge is 0.150 e. The molecule has 0 aliphatic rings. The van der Waals surface area contributed by atoms with Gasteiger partial charge in [0.25, 0.3) is 0 Å². The zero-order valence-corrected chi connectivity index (χ0v) is 9.78. The summed E-state index contributed by atoms with van der Waals surface area (Å²) < 4.78 is 0. The molecule has 2 aromatic rings. The number of halogens is 1. The minimum Gasteiger partial charge on any atom is -0.507 e. The predicted octanol–water partition coefficient (Wildman–Crippen LogP) is 2.88. The van der Waals surface area contributed by atoms with Gasteiger partial charge in [0.1, 0.15) is 12.0 Å². The average molecular weight is 250 g/mol. The van der Waals surface area contributed by atoms with Crippen LogP contribution in [0, 0.1) is 0 Å². The zero-order valence-electron chi connectivity index (χ0n) is 8.96. The van der Waals surface area contributed by atoms with Gasteiger partial charge in [-0.05, 0) is 23.8 Å². The van der Waals surface area contributed by atoms with Crippen LogP contribution in [0.15, 0.2) is 42.5 Å². The summed E-state index contributed by atoms with van der Waals surface area (Å²) in [5, 5.41) is 9.74. The van der Waals surface area contributed by atoms with Gasteiger partial charge >= 0.3 is 0 Å². The van der Waals surface area contributed by atoms with Crippen molar-refractivity contribution in [2.24, 2.45) is 0 Å². The van der Waals surface area contributed by atoms with E-state index in [-0.39, 0.29) is 18.2 Å². The lowest BCUT2D eigenvalue weighted by Gasteiger charge is -2.08. The molecular formula is C13H12ClNO2. The number of carbonyl (C=O) groups excluding carboxylic acids is 1. The number of aldehydes is 1. The summed E-state index contributed by atoms with van der Waals surface area (Å²) in [7, 11) is 0. The van der Waals surface area contributed by atoms with Crippen molar-refractivity contribution in [3.05, 3.63) is 48.0 Å². The number of hydrogen-bond donors (Lipinski definition) is 2. The van der Waals surface area contributed by atoms with E-state index in [0.29, 0.717) is 16.8 Å². The van der Waals surface area contributed by atoms with Crippen LogP contribution in [0.5, 0.6) is 5.75 Å². The molecule has 0 saturated heterocycles. The summed E-state index contributed by atoms with van der Waals surface area (Å²) in [5.41, 5.74) is 8.14. The Morgan fingerprint density at radius 1 is 1.12 bits per heavy atom. The summed E-state index contributed by atoms with van der Waals surface area (Å²) in [4.78, 5) is 10.7. The van der Waals surface area contributed by atoms with E-state index in [9.17, 15) is 9.90 Å². The molecule has 0 saturated carbocycles. The molecule has 3 N–H and O–H groups in total. The van der Waals surface area contributed by atoms with E-state index in [2.05, 4.69) is 0 Å². The van der Waals surface area contributed by atoms with Gasteiger partial charge in [-0.1, -0.05) is 24.3 Å². The number of nitrogens with two attached hydrogens (primary N) is 1. The summed E-state index contributed by atoms with van der Waals surface area (Å²) in [6, 6.07) is 11.9. The van der Waals surface area contributed by atoms with Crippen LogP contribution in [0.3, 0.4) is 0 Å². The molecule has 3 nitrogen and oxygen atoms in total. The van der Waals surface area contributed by atoms with Crippen LogP contribution < -0.4 is 5.73 Å². The van der Waals surface area contributed by atoms with Gasteiger partial charge in [-0.15, -0.1) is 12.4 Å². The van der Waals surface area contributed by atoms with Crippen LogP contribution in [0.2, 0.25) is 0 Å². The van der Waals surface area contributed by atoms with Gasteiger partial charge in [0.05, 0.1) is 0 Å². The third-order valence-electron chi connectivity index (χ3n) is 2.39. The number of benzene rings is 2. The van der Waals surface area contributed by atoms with Crippen molar-refractivity contribution in [2.75, 3.05) is 5.73 Å². The molecule has 0 atom stereocenters. The lowest BCUT2D eigenvalue weighted by molar-refractivity contribution is 0.112. The number of carbonyl (C=O) groups is 1.